The number of benzene rings is 1. The SMILES string of the molecule is C[C@H](N[C@@H](C)c1ccc(Cl)cc1)C(=O)NC1CC1. The molecule has 2 N–H and O–H groups in total. The van der Waals surface area contributed by atoms with E-state index in [1.807, 2.05) is 38.1 Å². The maximum Gasteiger partial charge on any atom is 0.237 e. The van der Waals surface area contributed by atoms with Crippen LogP contribution in [-0.4, -0.2) is 18.0 Å². The Morgan fingerprint density at radius 1 is 1.28 bits per heavy atom. The first-order valence-electron chi connectivity index (χ1n) is 6.38. The van der Waals surface area contributed by atoms with Gasteiger partial charge in [0.15, 0.2) is 0 Å². The third-order valence-electron chi connectivity index (χ3n) is 3.19. The number of nitrogens with one attached hydrogen (secondary N) is 2. The number of rotatable bonds is 5. The number of carbonyl (C=O) groups is 1. The van der Waals surface area contributed by atoms with Crippen molar-refractivity contribution < 1.29 is 4.79 Å². The molecule has 1 aromatic rings. The zero-order chi connectivity index (χ0) is 13.1. The molecule has 0 bridgehead atoms. The summed E-state index contributed by atoms with van der Waals surface area (Å²) in [6.45, 7) is 3.94. The van der Waals surface area contributed by atoms with Gasteiger partial charge in [0, 0.05) is 17.1 Å². The Kier molecular flexibility index (Phi) is 4.25. The van der Waals surface area contributed by atoms with Crippen molar-refractivity contribution in [3.05, 3.63) is 34.9 Å². The largest absolute Gasteiger partial charge is 0.352 e. The van der Waals surface area contributed by atoms with Crippen LogP contribution in [0.1, 0.15) is 38.3 Å². The summed E-state index contributed by atoms with van der Waals surface area (Å²) < 4.78 is 0. The second-order valence-electron chi connectivity index (χ2n) is 4.94. The molecule has 0 saturated heterocycles. The molecule has 2 atom stereocenters. The van der Waals surface area contributed by atoms with Crippen molar-refractivity contribution in [1.29, 1.82) is 0 Å². The Morgan fingerprint density at radius 2 is 1.89 bits per heavy atom. The van der Waals surface area contributed by atoms with Crippen molar-refractivity contribution in [2.75, 3.05) is 0 Å². The van der Waals surface area contributed by atoms with Crippen LogP contribution < -0.4 is 10.6 Å². The predicted octanol–water partition coefficient (Wildman–Crippen LogP) is 2.66. The van der Waals surface area contributed by atoms with E-state index in [-0.39, 0.29) is 18.0 Å². The lowest BCUT2D eigenvalue weighted by atomic mass is 10.1. The highest BCUT2D eigenvalue weighted by molar-refractivity contribution is 6.30. The van der Waals surface area contributed by atoms with E-state index >= 15 is 0 Å². The van der Waals surface area contributed by atoms with Gasteiger partial charge in [-0.15, -0.1) is 0 Å². The van der Waals surface area contributed by atoms with E-state index in [0.717, 1.165) is 23.4 Å². The van der Waals surface area contributed by atoms with Crippen LogP contribution in [0.2, 0.25) is 5.02 Å². The van der Waals surface area contributed by atoms with Crippen LogP contribution in [0.3, 0.4) is 0 Å². The van der Waals surface area contributed by atoms with E-state index in [1.54, 1.807) is 0 Å². The smallest absolute Gasteiger partial charge is 0.237 e. The average Bonchev–Trinajstić information content (AvgIpc) is 3.13. The maximum atomic E-state index is 11.8. The number of amides is 1. The van der Waals surface area contributed by atoms with Crippen LogP contribution >= 0.6 is 11.6 Å². The molecule has 1 saturated carbocycles. The van der Waals surface area contributed by atoms with Crippen molar-refractivity contribution in [3.8, 4) is 0 Å². The molecule has 0 aromatic heterocycles. The lowest BCUT2D eigenvalue weighted by Gasteiger charge is -2.20. The molecule has 0 heterocycles. The summed E-state index contributed by atoms with van der Waals surface area (Å²) in [5, 5.41) is 7.02. The summed E-state index contributed by atoms with van der Waals surface area (Å²) in [7, 11) is 0. The van der Waals surface area contributed by atoms with E-state index in [0.29, 0.717) is 6.04 Å². The van der Waals surface area contributed by atoms with Crippen LogP contribution in [0.5, 0.6) is 0 Å². The Labute approximate surface area is 113 Å². The second kappa shape index (κ2) is 5.72. The molecule has 1 amide bonds. The van der Waals surface area contributed by atoms with Gasteiger partial charge in [-0.1, -0.05) is 23.7 Å². The van der Waals surface area contributed by atoms with Crippen LogP contribution in [0.4, 0.5) is 0 Å². The first kappa shape index (κ1) is 13.4. The topological polar surface area (TPSA) is 41.1 Å². The molecule has 0 aliphatic heterocycles. The van der Waals surface area contributed by atoms with E-state index in [4.69, 9.17) is 11.6 Å². The predicted molar refractivity (Wildman–Crippen MR) is 73.6 cm³/mol. The standard InChI is InChI=1S/C14H19ClN2O/c1-9(11-3-5-12(15)6-4-11)16-10(2)14(18)17-13-7-8-13/h3-6,9-10,13,16H,7-8H2,1-2H3,(H,17,18)/t9-,10-/m0/s1. The molecule has 1 aromatic carbocycles. The van der Waals surface area contributed by atoms with Crippen LogP contribution in [-0.2, 0) is 4.79 Å². The molecule has 0 spiro atoms. The average molecular weight is 267 g/mol. The van der Waals surface area contributed by atoms with Gasteiger partial charge in [0.05, 0.1) is 6.04 Å². The molecule has 4 heteroatoms. The zero-order valence-corrected chi connectivity index (χ0v) is 11.5. The second-order valence-corrected chi connectivity index (χ2v) is 5.38. The molecule has 1 aliphatic rings. The molecule has 1 fully saturated rings. The summed E-state index contributed by atoms with van der Waals surface area (Å²) in [6.07, 6.45) is 2.23. The van der Waals surface area contributed by atoms with Gasteiger partial charge < -0.3 is 5.32 Å². The molecule has 0 unspecified atom stereocenters. The van der Waals surface area contributed by atoms with E-state index < -0.39 is 0 Å². The minimum atomic E-state index is -0.184. The van der Waals surface area contributed by atoms with Gasteiger partial charge >= 0.3 is 0 Å². The van der Waals surface area contributed by atoms with Gasteiger partial charge in [-0.05, 0) is 44.4 Å². The number of hydrogen-bond donors (Lipinski definition) is 2. The Morgan fingerprint density at radius 3 is 2.44 bits per heavy atom. The summed E-state index contributed by atoms with van der Waals surface area (Å²) >= 11 is 5.85. The summed E-state index contributed by atoms with van der Waals surface area (Å²) in [5.41, 5.74) is 1.13. The summed E-state index contributed by atoms with van der Waals surface area (Å²) in [5.74, 6) is 0.0818. The molecule has 98 valence electrons. The third-order valence-corrected chi connectivity index (χ3v) is 3.44. The fourth-order valence-corrected chi connectivity index (χ4v) is 1.98. The first-order chi connectivity index (χ1) is 8.56. The van der Waals surface area contributed by atoms with E-state index in [2.05, 4.69) is 10.6 Å². The quantitative estimate of drug-likeness (QED) is 0.860. The molecular formula is C14H19ClN2O. The Bertz CT molecular complexity index is 414. The van der Waals surface area contributed by atoms with Crippen molar-refractivity contribution in [2.24, 2.45) is 0 Å². The van der Waals surface area contributed by atoms with Crippen molar-refractivity contribution >= 4 is 17.5 Å². The highest BCUT2D eigenvalue weighted by atomic mass is 35.5. The third kappa shape index (κ3) is 3.72. The molecule has 0 radical (unpaired) electrons. The zero-order valence-electron chi connectivity index (χ0n) is 10.7. The molecule has 18 heavy (non-hydrogen) atoms. The Balaban J connectivity index is 1.87. The van der Waals surface area contributed by atoms with Crippen LogP contribution in [0.15, 0.2) is 24.3 Å². The molecule has 2 rings (SSSR count). The number of halogens is 1. The number of carbonyl (C=O) groups excluding carboxylic acids is 1. The van der Waals surface area contributed by atoms with Crippen molar-refractivity contribution in [3.63, 3.8) is 0 Å². The van der Waals surface area contributed by atoms with Gasteiger partial charge in [-0.2, -0.15) is 0 Å². The van der Waals surface area contributed by atoms with Gasteiger partial charge in [0.1, 0.15) is 0 Å². The lowest BCUT2D eigenvalue weighted by molar-refractivity contribution is -0.123. The summed E-state index contributed by atoms with van der Waals surface area (Å²) in [4.78, 5) is 11.8. The van der Waals surface area contributed by atoms with Gasteiger partial charge in [-0.25, -0.2) is 0 Å². The van der Waals surface area contributed by atoms with E-state index in [1.165, 1.54) is 0 Å². The van der Waals surface area contributed by atoms with Crippen LogP contribution in [0.25, 0.3) is 0 Å². The fraction of sp³-hybridized carbons (Fsp3) is 0.500. The lowest BCUT2D eigenvalue weighted by Crippen LogP contribution is -2.43. The van der Waals surface area contributed by atoms with Crippen molar-refractivity contribution in [2.45, 2.75) is 44.8 Å². The minimum Gasteiger partial charge on any atom is -0.352 e. The highest BCUT2D eigenvalue weighted by Crippen LogP contribution is 2.19. The maximum absolute atomic E-state index is 11.8. The molecular weight excluding hydrogens is 248 g/mol. The van der Waals surface area contributed by atoms with E-state index in [9.17, 15) is 4.79 Å². The first-order valence-corrected chi connectivity index (χ1v) is 6.76. The summed E-state index contributed by atoms with van der Waals surface area (Å²) in [6, 6.07) is 8.04. The normalized spacial score (nSPS) is 18.2. The fourth-order valence-electron chi connectivity index (χ4n) is 1.85. The van der Waals surface area contributed by atoms with Gasteiger partial charge in [0.25, 0.3) is 0 Å². The molecule has 3 nitrogen and oxygen atoms in total. The van der Waals surface area contributed by atoms with Crippen LogP contribution in [0, 0.1) is 0 Å². The molecule has 1 aliphatic carbocycles. The van der Waals surface area contributed by atoms with Gasteiger partial charge in [-0.3, -0.25) is 10.1 Å². The Hall–Kier alpha value is -1.06. The minimum absolute atomic E-state index is 0.0818. The van der Waals surface area contributed by atoms with Gasteiger partial charge in [0.2, 0.25) is 5.91 Å². The van der Waals surface area contributed by atoms with Crippen molar-refractivity contribution in [1.82, 2.24) is 10.6 Å². The number of hydrogen-bond acceptors (Lipinski definition) is 2. The monoisotopic (exact) mass is 266 g/mol. The highest BCUT2D eigenvalue weighted by Gasteiger charge is 2.26.